The number of fused-ring (bicyclic) bond motifs is 1. The standard InChI is InChI=1S/C16H15N2O3P/c1-21-22(19,20)13-8-10-16-14(11-13)15(17-18-16)9-7-12-5-3-2-4-6-12/h2-11H,1H3,(H,17,18)(H,19,20). The average molecular weight is 314 g/mol. The van der Waals surface area contributed by atoms with E-state index in [0.717, 1.165) is 22.2 Å². The molecule has 5 nitrogen and oxygen atoms in total. The van der Waals surface area contributed by atoms with E-state index in [0.29, 0.717) is 0 Å². The summed E-state index contributed by atoms with van der Waals surface area (Å²) in [5.74, 6) is 0. The van der Waals surface area contributed by atoms with Crippen LogP contribution >= 0.6 is 7.60 Å². The molecule has 2 N–H and O–H groups in total. The molecule has 0 fully saturated rings. The second kappa shape index (κ2) is 5.89. The van der Waals surface area contributed by atoms with E-state index in [1.54, 1.807) is 18.2 Å². The first-order valence-corrected chi connectivity index (χ1v) is 8.28. The van der Waals surface area contributed by atoms with Crippen LogP contribution in [0.1, 0.15) is 11.3 Å². The Labute approximate surface area is 127 Å². The van der Waals surface area contributed by atoms with Crippen molar-refractivity contribution in [2.45, 2.75) is 0 Å². The fraction of sp³-hybridized carbons (Fsp3) is 0.0625. The summed E-state index contributed by atoms with van der Waals surface area (Å²) in [5, 5.41) is 8.15. The maximum absolute atomic E-state index is 11.9. The van der Waals surface area contributed by atoms with Crippen LogP contribution in [0.2, 0.25) is 0 Å². The molecule has 1 atom stereocenters. The van der Waals surface area contributed by atoms with Gasteiger partial charge >= 0.3 is 7.60 Å². The van der Waals surface area contributed by atoms with Crippen LogP contribution in [0.3, 0.4) is 0 Å². The van der Waals surface area contributed by atoms with Crippen LogP contribution < -0.4 is 5.30 Å². The maximum atomic E-state index is 11.9. The molecule has 0 aliphatic carbocycles. The highest BCUT2D eigenvalue weighted by Gasteiger charge is 2.21. The van der Waals surface area contributed by atoms with Gasteiger partial charge in [0.25, 0.3) is 0 Å². The van der Waals surface area contributed by atoms with Crippen molar-refractivity contribution in [3.63, 3.8) is 0 Å². The summed E-state index contributed by atoms with van der Waals surface area (Å²) in [6.45, 7) is 0. The Morgan fingerprint density at radius 2 is 1.95 bits per heavy atom. The first-order chi connectivity index (χ1) is 10.6. The predicted molar refractivity (Wildman–Crippen MR) is 87.9 cm³/mol. The van der Waals surface area contributed by atoms with Gasteiger partial charge < -0.3 is 9.42 Å². The normalized spacial score (nSPS) is 14.5. The zero-order valence-electron chi connectivity index (χ0n) is 11.9. The monoisotopic (exact) mass is 314 g/mol. The molecule has 22 heavy (non-hydrogen) atoms. The van der Waals surface area contributed by atoms with Crippen LogP contribution in [0, 0.1) is 0 Å². The molecule has 0 aliphatic heterocycles. The molecule has 112 valence electrons. The molecular formula is C16H15N2O3P. The number of hydrogen-bond acceptors (Lipinski definition) is 3. The van der Waals surface area contributed by atoms with Crippen molar-refractivity contribution in [2.75, 3.05) is 7.11 Å². The molecule has 0 spiro atoms. The molecular weight excluding hydrogens is 299 g/mol. The highest BCUT2D eigenvalue weighted by atomic mass is 31.2. The minimum Gasteiger partial charge on any atom is -0.321 e. The molecule has 1 unspecified atom stereocenters. The summed E-state index contributed by atoms with van der Waals surface area (Å²) in [6.07, 6.45) is 3.85. The van der Waals surface area contributed by atoms with Crippen molar-refractivity contribution >= 4 is 36.0 Å². The molecule has 3 rings (SSSR count). The molecule has 2 aromatic carbocycles. The SMILES string of the molecule is COP(=O)(O)c1ccc2n[nH]c(C=Cc3ccccc3)c2c1. The second-order valence-corrected chi connectivity index (χ2v) is 6.71. The Kier molecular flexibility index (Phi) is 3.94. The van der Waals surface area contributed by atoms with Crippen LogP contribution in [0.15, 0.2) is 48.5 Å². The van der Waals surface area contributed by atoms with E-state index in [-0.39, 0.29) is 5.30 Å². The lowest BCUT2D eigenvalue weighted by atomic mass is 10.1. The molecule has 0 radical (unpaired) electrons. The first kappa shape index (κ1) is 14.7. The molecule has 0 saturated heterocycles. The van der Waals surface area contributed by atoms with E-state index in [1.807, 2.05) is 42.5 Å². The highest BCUT2D eigenvalue weighted by Crippen LogP contribution is 2.40. The van der Waals surface area contributed by atoms with E-state index in [1.165, 1.54) is 7.11 Å². The Morgan fingerprint density at radius 1 is 1.18 bits per heavy atom. The highest BCUT2D eigenvalue weighted by molar-refractivity contribution is 7.61. The smallest absolute Gasteiger partial charge is 0.321 e. The molecule has 0 amide bonds. The van der Waals surface area contributed by atoms with Crippen molar-refractivity contribution in [1.82, 2.24) is 10.2 Å². The van der Waals surface area contributed by atoms with Gasteiger partial charge in [0.15, 0.2) is 0 Å². The Bertz CT molecular complexity index is 871. The van der Waals surface area contributed by atoms with Crippen LogP contribution in [-0.4, -0.2) is 22.2 Å². The summed E-state index contributed by atoms with van der Waals surface area (Å²) >= 11 is 0. The van der Waals surface area contributed by atoms with Gasteiger partial charge in [-0.25, -0.2) is 0 Å². The van der Waals surface area contributed by atoms with Crippen LogP contribution in [-0.2, 0) is 9.09 Å². The number of nitrogens with zero attached hydrogens (tertiary/aromatic N) is 1. The summed E-state index contributed by atoms with van der Waals surface area (Å²) in [4.78, 5) is 9.78. The van der Waals surface area contributed by atoms with Gasteiger partial charge in [-0.1, -0.05) is 36.4 Å². The number of hydrogen-bond donors (Lipinski definition) is 2. The largest absolute Gasteiger partial charge is 0.358 e. The second-order valence-electron chi connectivity index (χ2n) is 4.79. The predicted octanol–water partition coefficient (Wildman–Crippen LogP) is 3.19. The Balaban J connectivity index is 2.02. The van der Waals surface area contributed by atoms with E-state index >= 15 is 0 Å². The van der Waals surface area contributed by atoms with Gasteiger partial charge in [0, 0.05) is 12.5 Å². The van der Waals surface area contributed by atoms with Crippen molar-refractivity contribution in [1.29, 1.82) is 0 Å². The number of nitrogens with one attached hydrogen (secondary N) is 1. The topological polar surface area (TPSA) is 75.2 Å². The number of aromatic nitrogens is 2. The van der Waals surface area contributed by atoms with E-state index in [9.17, 15) is 9.46 Å². The van der Waals surface area contributed by atoms with Crippen molar-refractivity contribution < 1.29 is 14.0 Å². The molecule has 0 saturated carbocycles. The van der Waals surface area contributed by atoms with E-state index in [4.69, 9.17) is 0 Å². The third-order valence-electron chi connectivity index (χ3n) is 3.38. The number of benzene rings is 2. The molecule has 3 aromatic rings. The van der Waals surface area contributed by atoms with Gasteiger partial charge in [0.2, 0.25) is 0 Å². The quantitative estimate of drug-likeness (QED) is 0.725. The van der Waals surface area contributed by atoms with Gasteiger partial charge in [0.1, 0.15) is 0 Å². The lowest BCUT2D eigenvalue weighted by Gasteiger charge is -2.08. The Hall–Kier alpha value is -2.20. The van der Waals surface area contributed by atoms with Gasteiger partial charge in [-0.3, -0.25) is 9.66 Å². The zero-order chi connectivity index (χ0) is 15.6. The summed E-state index contributed by atoms with van der Waals surface area (Å²) < 4.78 is 16.6. The fourth-order valence-electron chi connectivity index (χ4n) is 2.17. The lowest BCUT2D eigenvalue weighted by molar-refractivity contribution is 0.328. The number of aromatic amines is 1. The summed E-state index contributed by atoms with van der Waals surface area (Å²) in [6, 6.07) is 14.8. The molecule has 1 heterocycles. The number of rotatable bonds is 4. The minimum atomic E-state index is -3.77. The van der Waals surface area contributed by atoms with Gasteiger partial charge in [-0.05, 0) is 29.8 Å². The van der Waals surface area contributed by atoms with Gasteiger partial charge in [-0.15, -0.1) is 0 Å². The molecule has 6 heteroatoms. The summed E-state index contributed by atoms with van der Waals surface area (Å²) in [5.41, 5.74) is 2.57. The van der Waals surface area contributed by atoms with Gasteiger partial charge in [0.05, 0.1) is 16.5 Å². The molecule has 1 aromatic heterocycles. The average Bonchev–Trinajstić information content (AvgIpc) is 2.96. The van der Waals surface area contributed by atoms with Gasteiger partial charge in [-0.2, -0.15) is 5.10 Å². The number of H-pyrrole nitrogens is 1. The van der Waals surface area contributed by atoms with Crippen LogP contribution in [0.25, 0.3) is 23.1 Å². The first-order valence-electron chi connectivity index (χ1n) is 6.70. The van der Waals surface area contributed by atoms with Crippen LogP contribution in [0.5, 0.6) is 0 Å². The zero-order valence-corrected chi connectivity index (χ0v) is 12.8. The third kappa shape index (κ3) is 2.88. The molecule has 0 bridgehead atoms. The summed E-state index contributed by atoms with van der Waals surface area (Å²) in [7, 11) is -2.55. The minimum absolute atomic E-state index is 0.248. The van der Waals surface area contributed by atoms with E-state index in [2.05, 4.69) is 14.7 Å². The third-order valence-corrected chi connectivity index (χ3v) is 4.81. The maximum Gasteiger partial charge on any atom is 0.358 e. The molecule has 0 aliphatic rings. The fourth-order valence-corrected chi connectivity index (χ4v) is 2.94. The van der Waals surface area contributed by atoms with Crippen LogP contribution in [0.4, 0.5) is 0 Å². The van der Waals surface area contributed by atoms with Crippen molar-refractivity contribution in [3.05, 3.63) is 59.8 Å². The van der Waals surface area contributed by atoms with Crippen molar-refractivity contribution in [3.8, 4) is 0 Å². The lowest BCUT2D eigenvalue weighted by Crippen LogP contribution is -2.04. The van der Waals surface area contributed by atoms with Crippen molar-refractivity contribution in [2.24, 2.45) is 0 Å². The van der Waals surface area contributed by atoms with E-state index < -0.39 is 7.60 Å². The Morgan fingerprint density at radius 3 is 2.68 bits per heavy atom.